The molecule has 1 aromatic carbocycles. The fourth-order valence-electron chi connectivity index (χ4n) is 2.76. The van der Waals surface area contributed by atoms with Crippen LogP contribution in [-0.4, -0.2) is 36.3 Å². The summed E-state index contributed by atoms with van der Waals surface area (Å²) in [5, 5.41) is 2.86. The number of nitrogens with one attached hydrogen (secondary N) is 1. The summed E-state index contributed by atoms with van der Waals surface area (Å²) < 4.78 is 10.7. The van der Waals surface area contributed by atoms with Crippen molar-refractivity contribution in [1.29, 1.82) is 0 Å². The lowest BCUT2D eigenvalue weighted by Gasteiger charge is -2.27. The number of rotatable bonds is 8. The zero-order valence-electron chi connectivity index (χ0n) is 14.6. The zero-order chi connectivity index (χ0) is 18.9. The lowest BCUT2D eigenvalue weighted by molar-refractivity contribution is -0.155. The standard InChI is InChI=1S/C19H23Cl2NO4/c1-2-25-14-9-7-13(8-10-14)22-18(23)16-5-3-4-6-17(16)19(24)26-15(11-20)12-21/h3-4,7-10,15-17H,2,5-6,11-12H2,1H3,(H,22,23)/t16-,17+/m0/s1. The fourth-order valence-corrected chi connectivity index (χ4v) is 3.21. The van der Waals surface area contributed by atoms with Crippen LogP contribution in [0.2, 0.25) is 0 Å². The molecule has 0 unspecified atom stereocenters. The molecule has 142 valence electrons. The Hall–Kier alpha value is -1.72. The highest BCUT2D eigenvalue weighted by Crippen LogP contribution is 2.29. The normalized spacial score (nSPS) is 19.2. The van der Waals surface area contributed by atoms with Crippen LogP contribution in [0.4, 0.5) is 5.69 Å². The van der Waals surface area contributed by atoms with Crippen molar-refractivity contribution in [2.75, 3.05) is 23.7 Å². The fraction of sp³-hybridized carbons (Fsp3) is 0.474. The van der Waals surface area contributed by atoms with Crippen LogP contribution in [0.5, 0.6) is 5.75 Å². The summed E-state index contributed by atoms with van der Waals surface area (Å²) in [6, 6.07) is 7.12. The number of ether oxygens (including phenoxy) is 2. The van der Waals surface area contributed by atoms with Gasteiger partial charge in [-0.15, -0.1) is 23.2 Å². The summed E-state index contributed by atoms with van der Waals surface area (Å²) in [5.41, 5.74) is 0.652. The smallest absolute Gasteiger partial charge is 0.310 e. The van der Waals surface area contributed by atoms with Crippen molar-refractivity contribution in [3.8, 4) is 5.75 Å². The Labute approximate surface area is 163 Å². The summed E-state index contributed by atoms with van der Waals surface area (Å²) in [5.74, 6) is -0.703. The van der Waals surface area contributed by atoms with E-state index in [0.717, 1.165) is 5.75 Å². The molecule has 0 heterocycles. The molecule has 0 fully saturated rings. The van der Waals surface area contributed by atoms with Gasteiger partial charge in [0.15, 0.2) is 0 Å². The molecule has 1 N–H and O–H groups in total. The SMILES string of the molecule is CCOc1ccc(NC(=O)[C@H]2CC=CC[C@H]2C(=O)OC(CCl)CCl)cc1. The second kappa shape index (κ2) is 10.4. The van der Waals surface area contributed by atoms with Gasteiger partial charge in [-0.1, -0.05) is 12.2 Å². The first-order valence-corrected chi connectivity index (χ1v) is 9.67. The largest absolute Gasteiger partial charge is 0.494 e. The number of carbonyl (C=O) groups excluding carboxylic acids is 2. The van der Waals surface area contributed by atoms with Gasteiger partial charge >= 0.3 is 5.97 Å². The van der Waals surface area contributed by atoms with Crippen molar-refractivity contribution in [2.45, 2.75) is 25.9 Å². The third-order valence-corrected chi connectivity index (χ3v) is 4.82. The van der Waals surface area contributed by atoms with Crippen LogP contribution in [0.3, 0.4) is 0 Å². The second-order valence-corrected chi connectivity index (χ2v) is 6.59. The average Bonchev–Trinajstić information content (AvgIpc) is 2.67. The number of hydrogen-bond donors (Lipinski definition) is 1. The van der Waals surface area contributed by atoms with Gasteiger partial charge in [-0.25, -0.2) is 0 Å². The predicted molar refractivity (Wildman–Crippen MR) is 103 cm³/mol. The zero-order valence-corrected chi connectivity index (χ0v) is 16.1. The molecule has 1 amide bonds. The van der Waals surface area contributed by atoms with E-state index in [-0.39, 0.29) is 17.7 Å². The molecule has 0 radical (unpaired) electrons. The van der Waals surface area contributed by atoms with E-state index in [9.17, 15) is 9.59 Å². The first-order chi connectivity index (χ1) is 12.6. The van der Waals surface area contributed by atoms with Gasteiger partial charge in [-0.05, 0) is 44.0 Å². The molecule has 1 aliphatic carbocycles. The second-order valence-electron chi connectivity index (χ2n) is 5.97. The minimum absolute atomic E-state index is 0.126. The Kier molecular flexibility index (Phi) is 8.26. The summed E-state index contributed by atoms with van der Waals surface area (Å²) in [7, 11) is 0. The molecule has 0 saturated heterocycles. The number of esters is 1. The number of benzene rings is 1. The van der Waals surface area contributed by atoms with Crippen LogP contribution in [0, 0.1) is 11.8 Å². The Morgan fingerprint density at radius 2 is 1.73 bits per heavy atom. The maximum atomic E-state index is 12.7. The lowest BCUT2D eigenvalue weighted by Crippen LogP contribution is -2.37. The highest BCUT2D eigenvalue weighted by atomic mass is 35.5. The molecule has 5 nitrogen and oxygen atoms in total. The van der Waals surface area contributed by atoms with Gasteiger partial charge < -0.3 is 14.8 Å². The number of hydrogen-bond acceptors (Lipinski definition) is 4. The van der Waals surface area contributed by atoms with Gasteiger partial charge in [-0.2, -0.15) is 0 Å². The minimum Gasteiger partial charge on any atom is -0.494 e. The van der Waals surface area contributed by atoms with E-state index in [1.807, 2.05) is 19.1 Å². The first-order valence-electron chi connectivity index (χ1n) is 8.60. The number of carbonyl (C=O) groups is 2. The monoisotopic (exact) mass is 399 g/mol. The summed E-state index contributed by atoms with van der Waals surface area (Å²) >= 11 is 11.5. The maximum Gasteiger partial charge on any atom is 0.310 e. The maximum absolute atomic E-state index is 12.7. The van der Waals surface area contributed by atoms with E-state index < -0.39 is 23.9 Å². The van der Waals surface area contributed by atoms with E-state index in [0.29, 0.717) is 25.1 Å². The van der Waals surface area contributed by atoms with E-state index in [2.05, 4.69) is 5.32 Å². The average molecular weight is 400 g/mol. The highest BCUT2D eigenvalue weighted by molar-refractivity contribution is 6.21. The van der Waals surface area contributed by atoms with E-state index in [1.165, 1.54) is 0 Å². The minimum atomic E-state index is -0.549. The van der Waals surface area contributed by atoms with Crippen molar-refractivity contribution in [3.63, 3.8) is 0 Å². The molecule has 0 aliphatic heterocycles. The van der Waals surface area contributed by atoms with Crippen LogP contribution in [0.25, 0.3) is 0 Å². The van der Waals surface area contributed by atoms with Gasteiger partial charge in [0.05, 0.1) is 30.2 Å². The molecule has 7 heteroatoms. The quantitative estimate of drug-likeness (QED) is 0.407. The van der Waals surface area contributed by atoms with Gasteiger partial charge in [0, 0.05) is 5.69 Å². The summed E-state index contributed by atoms with van der Waals surface area (Å²) in [6.07, 6.45) is 4.19. The van der Waals surface area contributed by atoms with Gasteiger partial charge in [0.25, 0.3) is 0 Å². The van der Waals surface area contributed by atoms with E-state index in [1.54, 1.807) is 24.3 Å². The van der Waals surface area contributed by atoms with Crippen molar-refractivity contribution in [1.82, 2.24) is 0 Å². The van der Waals surface area contributed by atoms with Gasteiger partial charge in [0.1, 0.15) is 11.9 Å². The molecular weight excluding hydrogens is 377 g/mol. The number of amides is 1. The van der Waals surface area contributed by atoms with Crippen LogP contribution in [-0.2, 0) is 14.3 Å². The summed E-state index contributed by atoms with van der Waals surface area (Å²) in [6.45, 7) is 2.49. The molecule has 0 saturated carbocycles. The molecule has 0 spiro atoms. The molecule has 0 aromatic heterocycles. The van der Waals surface area contributed by atoms with Crippen molar-refractivity contribution < 1.29 is 19.1 Å². The molecule has 2 atom stereocenters. The molecule has 0 bridgehead atoms. The van der Waals surface area contributed by atoms with Crippen LogP contribution < -0.4 is 10.1 Å². The van der Waals surface area contributed by atoms with Crippen LogP contribution >= 0.6 is 23.2 Å². The van der Waals surface area contributed by atoms with E-state index in [4.69, 9.17) is 32.7 Å². The number of halogens is 2. The predicted octanol–water partition coefficient (Wildman–Crippen LogP) is 4.00. The Bertz CT molecular complexity index is 629. The van der Waals surface area contributed by atoms with Gasteiger partial charge in [0.2, 0.25) is 5.91 Å². The van der Waals surface area contributed by atoms with Crippen LogP contribution in [0.1, 0.15) is 19.8 Å². The van der Waals surface area contributed by atoms with Crippen LogP contribution in [0.15, 0.2) is 36.4 Å². The summed E-state index contributed by atoms with van der Waals surface area (Å²) in [4.78, 5) is 25.1. The molecule has 2 rings (SSSR count). The molecule has 26 heavy (non-hydrogen) atoms. The first kappa shape index (κ1) is 20.6. The Balaban J connectivity index is 2.02. The molecule has 1 aliphatic rings. The lowest BCUT2D eigenvalue weighted by atomic mass is 9.82. The van der Waals surface area contributed by atoms with Crippen molar-refractivity contribution in [3.05, 3.63) is 36.4 Å². The topological polar surface area (TPSA) is 64.6 Å². The van der Waals surface area contributed by atoms with E-state index >= 15 is 0 Å². The third-order valence-electron chi connectivity index (χ3n) is 4.13. The van der Waals surface area contributed by atoms with Crippen molar-refractivity contribution >= 4 is 40.8 Å². The highest BCUT2D eigenvalue weighted by Gasteiger charge is 2.36. The van der Waals surface area contributed by atoms with Gasteiger partial charge in [-0.3, -0.25) is 9.59 Å². The third kappa shape index (κ3) is 5.64. The number of alkyl halides is 2. The number of anilines is 1. The molecular formula is C19H23Cl2NO4. The molecule has 1 aromatic rings. The number of allylic oxidation sites excluding steroid dienone is 2. The Morgan fingerprint density at radius 1 is 1.12 bits per heavy atom. The van der Waals surface area contributed by atoms with Crippen molar-refractivity contribution in [2.24, 2.45) is 11.8 Å². The Morgan fingerprint density at radius 3 is 2.31 bits per heavy atom.